The van der Waals surface area contributed by atoms with Crippen LogP contribution < -0.4 is 16.0 Å². The van der Waals surface area contributed by atoms with E-state index in [4.69, 9.17) is 23.2 Å². The molecule has 0 aromatic heterocycles. The quantitative estimate of drug-likeness (QED) is 0.400. The molecule has 1 heterocycles. The number of aliphatic hydroxyl groups is 1. The summed E-state index contributed by atoms with van der Waals surface area (Å²) in [6, 6.07) is 8.81. The molecule has 2 aromatic carbocycles. The van der Waals surface area contributed by atoms with E-state index < -0.39 is 46.5 Å². The smallest absolute Gasteiger partial charge is 0.237 e. The van der Waals surface area contributed by atoms with E-state index in [0.717, 1.165) is 0 Å². The second kappa shape index (κ2) is 10.5. The van der Waals surface area contributed by atoms with Crippen LogP contribution in [-0.2, 0) is 15.0 Å². The Kier molecular flexibility index (Phi) is 7.92. The molecule has 0 bridgehead atoms. The number of rotatable bonds is 6. The molecule has 1 aliphatic carbocycles. The van der Waals surface area contributed by atoms with Gasteiger partial charge < -0.3 is 21.1 Å². The van der Waals surface area contributed by atoms with Crippen LogP contribution in [0.3, 0.4) is 0 Å². The fourth-order valence-electron chi connectivity index (χ4n) is 6.25. The molecule has 3 atom stereocenters. The Morgan fingerprint density at radius 3 is 2.46 bits per heavy atom. The first kappa shape index (κ1) is 27.8. The number of hydrogen-bond donors (Lipinski definition) is 4. The van der Waals surface area contributed by atoms with Gasteiger partial charge in [0.25, 0.3) is 0 Å². The third kappa shape index (κ3) is 4.99. The minimum Gasteiger partial charge on any atom is -0.393 e. The average molecular weight is 551 g/mol. The van der Waals surface area contributed by atoms with Crippen LogP contribution in [0.2, 0.25) is 10.0 Å². The second-order valence-electron chi connectivity index (χ2n) is 11.2. The number of halogens is 3. The molecule has 0 radical (unpaired) electrons. The molecule has 200 valence electrons. The van der Waals surface area contributed by atoms with Gasteiger partial charge in [0.1, 0.15) is 11.2 Å². The van der Waals surface area contributed by atoms with Crippen molar-refractivity contribution in [1.82, 2.24) is 10.6 Å². The van der Waals surface area contributed by atoms with Crippen LogP contribution in [0.15, 0.2) is 36.4 Å². The maximum atomic E-state index is 15.8. The highest BCUT2D eigenvalue weighted by molar-refractivity contribution is 6.31. The van der Waals surface area contributed by atoms with Gasteiger partial charge in [0.15, 0.2) is 0 Å². The molecule has 4 rings (SSSR count). The molecule has 2 aliphatic rings. The minimum absolute atomic E-state index is 0.0447. The Morgan fingerprint density at radius 1 is 1.16 bits per heavy atom. The zero-order valence-corrected chi connectivity index (χ0v) is 23.0. The van der Waals surface area contributed by atoms with Crippen LogP contribution in [0.25, 0.3) is 0 Å². The molecule has 4 N–H and O–H groups in total. The summed E-state index contributed by atoms with van der Waals surface area (Å²) in [6.07, 6.45) is 1.92. The molecule has 6 nitrogen and oxygen atoms in total. The third-order valence-corrected chi connectivity index (χ3v) is 8.24. The maximum Gasteiger partial charge on any atom is 0.237 e. The van der Waals surface area contributed by atoms with Gasteiger partial charge >= 0.3 is 0 Å². The zero-order valence-electron chi connectivity index (χ0n) is 21.5. The van der Waals surface area contributed by atoms with Gasteiger partial charge in [0, 0.05) is 28.4 Å². The number of hydrogen-bond acceptors (Lipinski definition) is 4. The summed E-state index contributed by atoms with van der Waals surface area (Å²) in [7, 11) is 1.74. The number of fused-ring (bicyclic) bond motifs is 1. The number of benzene rings is 2. The number of aliphatic hydroxyl groups excluding tert-OH is 1. The largest absolute Gasteiger partial charge is 0.393 e. The number of carbonyl (C=O) groups is 2. The molecule has 2 unspecified atom stereocenters. The number of carbonyl (C=O) groups excluding carboxylic acids is 2. The Hall–Kier alpha value is -2.19. The van der Waals surface area contributed by atoms with E-state index >= 15 is 4.39 Å². The number of anilines is 1. The van der Waals surface area contributed by atoms with Gasteiger partial charge in [0.2, 0.25) is 11.8 Å². The van der Waals surface area contributed by atoms with E-state index in [0.29, 0.717) is 42.0 Å². The van der Waals surface area contributed by atoms with Gasteiger partial charge in [0.05, 0.1) is 17.0 Å². The molecule has 37 heavy (non-hydrogen) atoms. The Balaban J connectivity index is 1.98. The summed E-state index contributed by atoms with van der Waals surface area (Å²) >= 11 is 12.5. The maximum absolute atomic E-state index is 15.8. The van der Waals surface area contributed by atoms with E-state index in [1.807, 2.05) is 20.8 Å². The van der Waals surface area contributed by atoms with Crippen molar-refractivity contribution in [3.63, 3.8) is 0 Å². The monoisotopic (exact) mass is 549 g/mol. The first-order valence-electron chi connectivity index (χ1n) is 12.6. The van der Waals surface area contributed by atoms with E-state index in [-0.39, 0.29) is 16.6 Å². The lowest BCUT2D eigenvalue weighted by Crippen LogP contribution is -2.63. The van der Waals surface area contributed by atoms with Crippen molar-refractivity contribution < 1.29 is 19.1 Å². The van der Waals surface area contributed by atoms with Crippen LogP contribution in [-0.4, -0.2) is 42.2 Å². The lowest BCUT2D eigenvalue weighted by Gasteiger charge is -2.47. The molecule has 2 amide bonds. The molecule has 1 aliphatic heterocycles. The zero-order chi connectivity index (χ0) is 27.1. The Bertz CT molecular complexity index is 1190. The van der Waals surface area contributed by atoms with Crippen molar-refractivity contribution in [3.8, 4) is 0 Å². The molecule has 1 saturated carbocycles. The van der Waals surface area contributed by atoms with Crippen LogP contribution in [0, 0.1) is 11.2 Å². The third-order valence-electron chi connectivity index (χ3n) is 7.71. The minimum atomic E-state index is -1.53. The highest BCUT2D eigenvalue weighted by atomic mass is 35.5. The first-order chi connectivity index (χ1) is 17.4. The lowest BCUT2D eigenvalue weighted by atomic mass is 9.57. The van der Waals surface area contributed by atoms with Crippen molar-refractivity contribution >= 4 is 40.7 Å². The summed E-state index contributed by atoms with van der Waals surface area (Å²) < 4.78 is 15.8. The number of nitrogens with one attached hydrogen (secondary N) is 3. The van der Waals surface area contributed by atoms with Gasteiger partial charge in [-0.25, -0.2) is 4.39 Å². The van der Waals surface area contributed by atoms with Crippen molar-refractivity contribution in [2.75, 3.05) is 12.4 Å². The second-order valence-corrected chi connectivity index (χ2v) is 12.0. The van der Waals surface area contributed by atoms with Crippen LogP contribution in [0.5, 0.6) is 0 Å². The summed E-state index contributed by atoms with van der Waals surface area (Å²) in [5.74, 6) is -2.87. The molecule has 0 saturated heterocycles. The van der Waals surface area contributed by atoms with Crippen molar-refractivity contribution in [2.24, 2.45) is 5.41 Å². The summed E-state index contributed by atoms with van der Waals surface area (Å²) in [5, 5.41) is 19.6. The molecule has 1 fully saturated rings. The summed E-state index contributed by atoms with van der Waals surface area (Å²) in [5.41, 5.74) is -0.965. The van der Waals surface area contributed by atoms with E-state index in [9.17, 15) is 14.7 Å². The van der Waals surface area contributed by atoms with E-state index in [2.05, 4.69) is 16.0 Å². The summed E-state index contributed by atoms with van der Waals surface area (Å²) in [4.78, 5) is 28.5. The van der Waals surface area contributed by atoms with Gasteiger partial charge in [-0.1, -0.05) is 62.2 Å². The molecular formula is C28H34Cl2FN3O3. The summed E-state index contributed by atoms with van der Waals surface area (Å²) in [6.45, 7) is 5.93. The number of likely N-dealkylation sites (N-methyl/N-ethyl adjacent to an activating group) is 1. The van der Waals surface area contributed by atoms with Gasteiger partial charge in [-0.05, 0) is 61.9 Å². The Labute approximate surface area is 227 Å². The molecule has 0 spiro atoms. The average Bonchev–Trinajstić information content (AvgIpc) is 3.09. The van der Waals surface area contributed by atoms with Crippen molar-refractivity contribution in [1.29, 1.82) is 0 Å². The van der Waals surface area contributed by atoms with Crippen LogP contribution in [0.4, 0.5) is 10.1 Å². The predicted octanol–water partition coefficient (Wildman–Crippen LogP) is 5.16. The molecular weight excluding hydrogens is 516 g/mol. The first-order valence-corrected chi connectivity index (χ1v) is 13.4. The highest BCUT2D eigenvalue weighted by Crippen LogP contribution is 2.54. The lowest BCUT2D eigenvalue weighted by molar-refractivity contribution is -0.133. The fourth-order valence-corrected chi connectivity index (χ4v) is 6.61. The van der Waals surface area contributed by atoms with E-state index in [1.165, 1.54) is 12.1 Å². The Morgan fingerprint density at radius 2 is 1.84 bits per heavy atom. The van der Waals surface area contributed by atoms with Gasteiger partial charge in [-0.2, -0.15) is 0 Å². The fraction of sp³-hybridized carbons (Fsp3) is 0.500. The predicted molar refractivity (Wildman–Crippen MR) is 145 cm³/mol. The van der Waals surface area contributed by atoms with Crippen LogP contribution >= 0.6 is 23.2 Å². The molecule has 9 heteroatoms. The van der Waals surface area contributed by atoms with Crippen molar-refractivity contribution in [2.45, 2.75) is 76.0 Å². The van der Waals surface area contributed by atoms with Gasteiger partial charge in [-0.15, -0.1) is 0 Å². The van der Waals surface area contributed by atoms with Gasteiger partial charge in [-0.3, -0.25) is 9.59 Å². The van der Waals surface area contributed by atoms with Crippen molar-refractivity contribution in [3.05, 3.63) is 63.4 Å². The normalized spacial score (nSPS) is 25.2. The van der Waals surface area contributed by atoms with Crippen LogP contribution in [0.1, 0.15) is 63.5 Å². The molecule has 2 aromatic rings. The standard InChI is InChI=1S/C28H34Cl2FN3O3/c1-27(2,3)25(32-4)28(19-13-8-15(29)14-21(19)34-26(28)37)22(18-6-5-7-20(30)23(18)31)24(36)33-16-9-11-17(35)12-10-16/h5-8,13-14,16-17,22,25,32,35H,9-12H2,1-4H3,(H,33,36)(H,34,37)/t16?,17?,22?,25?,28-/m1/s1. The topological polar surface area (TPSA) is 90.5 Å². The van der Waals surface area contributed by atoms with E-state index in [1.54, 1.807) is 31.3 Å². The number of amides is 2. The SMILES string of the molecule is CNC(C(C)(C)C)[C@@]1(C(C(=O)NC2CCC(O)CC2)c2cccc(Cl)c2F)C(=O)Nc2cc(Cl)ccc21. The highest BCUT2D eigenvalue weighted by Gasteiger charge is 2.62.